The number of rotatable bonds is 37. The highest BCUT2D eigenvalue weighted by Gasteiger charge is 2.22. The average molecular weight is 779 g/mol. The Morgan fingerprint density at radius 3 is 1.44 bits per heavy atom. The molecule has 0 saturated heterocycles. The van der Waals surface area contributed by atoms with Gasteiger partial charge in [-0.25, -0.2) is 4.79 Å². The third-order valence-electron chi connectivity index (χ3n) is 10.3. The second-order valence-corrected chi connectivity index (χ2v) is 15.7. The predicted octanol–water partition coefficient (Wildman–Crippen LogP) is 9.75. The summed E-state index contributed by atoms with van der Waals surface area (Å²) < 4.78 is 22.0. The topological polar surface area (TPSA) is 118 Å². The molecule has 0 aliphatic heterocycles. The van der Waals surface area contributed by atoms with Crippen LogP contribution >= 0.6 is 0 Å². The number of hydrogen-bond donors (Lipinski definition) is 2. The summed E-state index contributed by atoms with van der Waals surface area (Å²) in [6.45, 7) is 6.80. The molecule has 0 saturated carbocycles. The van der Waals surface area contributed by atoms with Crippen molar-refractivity contribution in [2.45, 2.75) is 180 Å². The summed E-state index contributed by atoms with van der Waals surface area (Å²) in [6, 6.07) is 2.97. The molecule has 0 aliphatic rings. The maximum absolute atomic E-state index is 13.1. The summed E-state index contributed by atoms with van der Waals surface area (Å²) in [5, 5.41) is 22.0. The Kier molecular flexibility index (Phi) is 31.0. The maximum Gasteiger partial charge on any atom is 0.338 e. The number of carbonyl (C=O) groups excluding carboxylic acids is 2. The van der Waals surface area contributed by atoms with E-state index in [1.807, 2.05) is 19.0 Å². The first kappa shape index (κ1) is 50.6. The van der Waals surface area contributed by atoms with Crippen molar-refractivity contribution in [2.24, 2.45) is 0 Å². The van der Waals surface area contributed by atoms with Crippen LogP contribution < -0.4 is 14.2 Å². The van der Waals surface area contributed by atoms with Crippen LogP contribution in [-0.4, -0.2) is 105 Å². The van der Waals surface area contributed by atoms with E-state index in [-0.39, 0.29) is 35.8 Å². The van der Waals surface area contributed by atoms with Crippen molar-refractivity contribution in [1.82, 2.24) is 9.80 Å². The fourth-order valence-electron chi connectivity index (χ4n) is 6.89. The summed E-state index contributed by atoms with van der Waals surface area (Å²) in [5.41, 5.74) is 0.232. The molecule has 0 radical (unpaired) electrons. The third kappa shape index (κ3) is 26.2. The molecule has 0 amide bonds. The summed E-state index contributed by atoms with van der Waals surface area (Å²) in [7, 11) is 6.67. The molecule has 0 spiro atoms. The van der Waals surface area contributed by atoms with Gasteiger partial charge in [0.25, 0.3) is 0 Å². The molecule has 55 heavy (non-hydrogen) atoms. The SMILES string of the molecule is CCCCCCCCCCCCC(O)CN(CCCC(=O)Oc1c(OC)cc(C(=O)OCCN(C)C)cc1OC)CC(O)CCCCCCCCCCCC. The van der Waals surface area contributed by atoms with E-state index < -0.39 is 24.1 Å². The van der Waals surface area contributed by atoms with Crippen LogP contribution in [0.25, 0.3) is 0 Å². The Hall–Kier alpha value is -2.40. The van der Waals surface area contributed by atoms with Crippen molar-refractivity contribution in [3.8, 4) is 17.2 Å². The molecule has 0 aromatic heterocycles. The number of benzene rings is 1. The lowest BCUT2D eigenvalue weighted by molar-refractivity contribution is -0.134. The average Bonchev–Trinajstić information content (AvgIpc) is 3.16. The van der Waals surface area contributed by atoms with Crippen LogP contribution in [0.2, 0.25) is 0 Å². The minimum atomic E-state index is -0.526. The van der Waals surface area contributed by atoms with Gasteiger partial charge in [-0.05, 0) is 52.0 Å². The summed E-state index contributed by atoms with van der Waals surface area (Å²) in [4.78, 5) is 29.8. The van der Waals surface area contributed by atoms with E-state index in [0.29, 0.717) is 32.6 Å². The van der Waals surface area contributed by atoms with Crippen molar-refractivity contribution in [1.29, 1.82) is 0 Å². The van der Waals surface area contributed by atoms with Gasteiger partial charge in [0.05, 0.1) is 32.0 Å². The monoisotopic (exact) mass is 779 g/mol. The molecule has 2 unspecified atom stereocenters. The normalized spacial score (nSPS) is 12.6. The Bertz CT molecular complexity index is 1040. The van der Waals surface area contributed by atoms with Crippen molar-refractivity contribution in [3.05, 3.63) is 17.7 Å². The number of likely N-dealkylation sites (N-methyl/N-ethyl adjacent to an activating group) is 1. The minimum absolute atomic E-state index is 0.107. The standard InChI is InChI=1S/C45H82N2O8/c1-7-9-11-13-15-17-19-21-23-25-28-39(48)36-47(37-40(49)29-26-24-22-20-18-16-14-12-10-8-2)31-27-30-43(50)55-44-41(52-5)34-38(35-42(44)53-6)45(51)54-33-32-46(3)4/h34-35,39-40,48-49H,7-33,36-37H2,1-6H3. The first-order chi connectivity index (χ1) is 26.6. The van der Waals surface area contributed by atoms with E-state index in [0.717, 1.165) is 38.5 Å². The number of aliphatic hydroxyl groups is 2. The molecule has 0 fully saturated rings. The molecular formula is C45H82N2O8. The lowest BCUT2D eigenvalue weighted by Crippen LogP contribution is -2.39. The van der Waals surface area contributed by atoms with E-state index in [9.17, 15) is 19.8 Å². The zero-order chi connectivity index (χ0) is 40.5. The van der Waals surface area contributed by atoms with Crippen LogP contribution in [0, 0.1) is 0 Å². The van der Waals surface area contributed by atoms with Gasteiger partial charge in [-0.15, -0.1) is 0 Å². The van der Waals surface area contributed by atoms with Gasteiger partial charge in [0.2, 0.25) is 5.75 Å². The fraction of sp³-hybridized carbons (Fsp3) is 0.822. The molecule has 0 bridgehead atoms. The molecule has 320 valence electrons. The van der Waals surface area contributed by atoms with Crippen molar-refractivity contribution in [3.63, 3.8) is 0 Å². The van der Waals surface area contributed by atoms with Crippen molar-refractivity contribution >= 4 is 11.9 Å². The number of hydrogen-bond acceptors (Lipinski definition) is 10. The zero-order valence-corrected chi connectivity index (χ0v) is 36.1. The molecule has 2 N–H and O–H groups in total. The Morgan fingerprint density at radius 1 is 0.618 bits per heavy atom. The molecule has 10 heteroatoms. The van der Waals surface area contributed by atoms with Crippen LogP contribution in [0.3, 0.4) is 0 Å². The molecule has 2 atom stereocenters. The number of methoxy groups -OCH3 is 2. The third-order valence-corrected chi connectivity index (χ3v) is 10.3. The molecule has 1 aromatic rings. The highest BCUT2D eigenvalue weighted by Crippen LogP contribution is 2.39. The van der Waals surface area contributed by atoms with Gasteiger partial charge < -0.3 is 34.1 Å². The predicted molar refractivity (Wildman–Crippen MR) is 225 cm³/mol. The summed E-state index contributed by atoms with van der Waals surface area (Å²) in [5.74, 6) is -0.495. The quantitative estimate of drug-likeness (QED) is 0.0384. The van der Waals surface area contributed by atoms with Gasteiger partial charge >= 0.3 is 11.9 Å². The van der Waals surface area contributed by atoms with Crippen molar-refractivity contribution < 1.29 is 38.7 Å². The zero-order valence-electron chi connectivity index (χ0n) is 36.1. The van der Waals surface area contributed by atoms with Crippen LogP contribution in [0.1, 0.15) is 178 Å². The van der Waals surface area contributed by atoms with E-state index >= 15 is 0 Å². The number of ether oxygens (including phenoxy) is 4. The fourth-order valence-corrected chi connectivity index (χ4v) is 6.89. The number of carbonyl (C=O) groups is 2. The summed E-state index contributed by atoms with van der Waals surface area (Å²) in [6.07, 6.45) is 26.2. The van der Waals surface area contributed by atoms with Gasteiger partial charge in [0, 0.05) is 26.1 Å². The molecule has 0 aliphatic carbocycles. The van der Waals surface area contributed by atoms with E-state index in [1.54, 1.807) is 0 Å². The number of unbranched alkanes of at least 4 members (excludes halogenated alkanes) is 18. The second kappa shape index (κ2) is 33.7. The van der Waals surface area contributed by atoms with Gasteiger partial charge in [-0.3, -0.25) is 9.69 Å². The van der Waals surface area contributed by atoms with Crippen LogP contribution in [0.15, 0.2) is 12.1 Å². The number of nitrogens with zero attached hydrogens (tertiary/aromatic N) is 2. The molecule has 0 heterocycles. The Labute approximate surface area is 336 Å². The Balaban J connectivity index is 2.68. The van der Waals surface area contributed by atoms with Crippen LogP contribution in [0.4, 0.5) is 0 Å². The first-order valence-electron chi connectivity index (χ1n) is 22.0. The van der Waals surface area contributed by atoms with Crippen LogP contribution in [-0.2, 0) is 9.53 Å². The lowest BCUT2D eigenvalue weighted by Gasteiger charge is -2.27. The first-order valence-corrected chi connectivity index (χ1v) is 22.0. The smallest absolute Gasteiger partial charge is 0.338 e. The number of aliphatic hydroxyl groups excluding tert-OH is 2. The van der Waals surface area contributed by atoms with Crippen LogP contribution in [0.5, 0.6) is 17.2 Å². The summed E-state index contributed by atoms with van der Waals surface area (Å²) >= 11 is 0. The molecular weight excluding hydrogens is 697 g/mol. The maximum atomic E-state index is 13.1. The lowest BCUT2D eigenvalue weighted by atomic mass is 10.0. The van der Waals surface area contributed by atoms with E-state index in [2.05, 4.69) is 18.7 Å². The van der Waals surface area contributed by atoms with Gasteiger partial charge in [0.15, 0.2) is 11.5 Å². The number of esters is 2. The van der Waals surface area contributed by atoms with E-state index in [1.165, 1.54) is 129 Å². The highest BCUT2D eigenvalue weighted by atomic mass is 16.6. The van der Waals surface area contributed by atoms with Gasteiger partial charge in [-0.1, -0.05) is 142 Å². The minimum Gasteiger partial charge on any atom is -0.493 e. The van der Waals surface area contributed by atoms with Gasteiger partial charge in [-0.2, -0.15) is 0 Å². The largest absolute Gasteiger partial charge is 0.493 e. The molecule has 1 aromatic carbocycles. The molecule has 1 rings (SSSR count). The second-order valence-electron chi connectivity index (χ2n) is 15.7. The molecule has 10 nitrogen and oxygen atoms in total. The van der Waals surface area contributed by atoms with Gasteiger partial charge in [0.1, 0.15) is 6.61 Å². The Morgan fingerprint density at radius 2 is 1.04 bits per heavy atom. The van der Waals surface area contributed by atoms with Crippen molar-refractivity contribution in [2.75, 3.05) is 61.1 Å². The highest BCUT2D eigenvalue weighted by molar-refractivity contribution is 5.91. The van der Waals surface area contributed by atoms with E-state index in [4.69, 9.17) is 18.9 Å².